The van der Waals surface area contributed by atoms with Gasteiger partial charge in [-0.25, -0.2) is 5.48 Å². The Kier molecular flexibility index (Phi) is 7.36. The number of rotatable bonds is 8. The third kappa shape index (κ3) is 6.01. The first-order valence-corrected chi connectivity index (χ1v) is 8.79. The summed E-state index contributed by atoms with van der Waals surface area (Å²) in [5.74, 6) is -0.361. The number of hydrogen-bond donors (Lipinski definition) is 2. The zero-order chi connectivity index (χ0) is 18.9. The molecule has 2 aromatic rings. The lowest BCUT2D eigenvalue weighted by Gasteiger charge is -2.20. The topological polar surface area (TPSA) is 67.4 Å². The molecule has 1 unspecified atom stereocenters. The maximum absolute atomic E-state index is 12.5. The molecule has 138 valence electrons. The van der Waals surface area contributed by atoms with Gasteiger partial charge in [-0.15, -0.1) is 0 Å². The monoisotopic (exact) mass is 354 g/mol. The van der Waals surface area contributed by atoms with Crippen LogP contribution in [0.5, 0.6) is 0 Å². The van der Waals surface area contributed by atoms with Crippen LogP contribution in [0.25, 0.3) is 0 Å². The lowest BCUT2D eigenvalue weighted by atomic mass is 10.0. The zero-order valence-corrected chi connectivity index (χ0v) is 15.5. The fraction of sp³-hybridized carbons (Fsp3) is 0.333. The van der Waals surface area contributed by atoms with E-state index in [0.717, 1.165) is 11.1 Å². The van der Waals surface area contributed by atoms with E-state index in [-0.39, 0.29) is 24.3 Å². The van der Waals surface area contributed by atoms with Gasteiger partial charge in [-0.3, -0.25) is 14.4 Å². The average Bonchev–Trinajstić information content (AvgIpc) is 2.62. The number of aryl methyl sites for hydroxylation is 1. The van der Waals surface area contributed by atoms with Gasteiger partial charge in [0.15, 0.2) is 0 Å². The van der Waals surface area contributed by atoms with Crippen molar-refractivity contribution in [3.8, 4) is 0 Å². The molecule has 0 aliphatic heterocycles. The Morgan fingerprint density at radius 1 is 1.00 bits per heavy atom. The molecule has 2 rings (SSSR count). The van der Waals surface area contributed by atoms with Crippen molar-refractivity contribution in [2.75, 3.05) is 0 Å². The fourth-order valence-electron chi connectivity index (χ4n) is 2.60. The van der Waals surface area contributed by atoms with E-state index in [1.54, 1.807) is 6.07 Å². The maximum atomic E-state index is 12.5. The molecule has 0 aliphatic rings. The molecule has 0 aliphatic carbocycles. The van der Waals surface area contributed by atoms with E-state index in [2.05, 4.69) is 10.8 Å². The first-order valence-electron chi connectivity index (χ1n) is 8.79. The quantitative estimate of drug-likeness (QED) is 0.714. The van der Waals surface area contributed by atoms with Crippen molar-refractivity contribution in [3.63, 3.8) is 0 Å². The van der Waals surface area contributed by atoms with Gasteiger partial charge < -0.3 is 5.32 Å². The van der Waals surface area contributed by atoms with Crippen LogP contribution in [-0.2, 0) is 16.2 Å². The van der Waals surface area contributed by atoms with Crippen molar-refractivity contribution >= 4 is 11.8 Å². The Bertz CT molecular complexity index is 729. The van der Waals surface area contributed by atoms with Crippen LogP contribution in [0, 0.1) is 12.8 Å². The summed E-state index contributed by atoms with van der Waals surface area (Å²) in [5.41, 5.74) is 4.85. The Morgan fingerprint density at radius 2 is 1.65 bits per heavy atom. The molecule has 5 nitrogen and oxygen atoms in total. The predicted octanol–water partition coefficient (Wildman–Crippen LogP) is 3.39. The lowest BCUT2D eigenvalue weighted by Crippen LogP contribution is -2.47. The molecule has 2 aromatic carbocycles. The summed E-state index contributed by atoms with van der Waals surface area (Å²) >= 11 is 0. The van der Waals surface area contributed by atoms with Gasteiger partial charge in [-0.2, -0.15) is 0 Å². The molecule has 0 saturated heterocycles. The highest BCUT2D eigenvalue weighted by Crippen LogP contribution is 2.10. The number of hydroxylamine groups is 1. The summed E-state index contributed by atoms with van der Waals surface area (Å²) in [4.78, 5) is 30.3. The van der Waals surface area contributed by atoms with E-state index in [0.29, 0.717) is 12.0 Å². The standard InChI is InChI=1S/C21H26N2O3/c1-15(2)13-19(22-20(24)18-12-8-7-9-16(18)3)21(25)23-26-14-17-10-5-4-6-11-17/h4-12,15,19H,13-14H2,1-3H3,(H,22,24)(H,23,25). The minimum absolute atomic E-state index is 0.247. The minimum Gasteiger partial charge on any atom is -0.340 e. The largest absolute Gasteiger partial charge is 0.340 e. The van der Waals surface area contributed by atoms with Crippen LogP contribution >= 0.6 is 0 Å². The van der Waals surface area contributed by atoms with Crippen LogP contribution in [0.4, 0.5) is 0 Å². The molecule has 0 radical (unpaired) electrons. The second-order valence-corrected chi connectivity index (χ2v) is 6.71. The molecule has 0 saturated carbocycles. The molecule has 1 atom stereocenters. The second-order valence-electron chi connectivity index (χ2n) is 6.71. The molecule has 0 bridgehead atoms. The van der Waals surface area contributed by atoms with Crippen molar-refractivity contribution < 1.29 is 14.4 Å². The van der Waals surface area contributed by atoms with Crippen LogP contribution in [0.2, 0.25) is 0 Å². The van der Waals surface area contributed by atoms with Gasteiger partial charge in [0.05, 0.1) is 6.61 Å². The van der Waals surface area contributed by atoms with Crippen molar-refractivity contribution in [3.05, 3.63) is 71.3 Å². The number of hydrogen-bond acceptors (Lipinski definition) is 3. The molecule has 26 heavy (non-hydrogen) atoms. The molecular weight excluding hydrogens is 328 g/mol. The van der Waals surface area contributed by atoms with Crippen LogP contribution in [0.3, 0.4) is 0 Å². The van der Waals surface area contributed by atoms with Crippen molar-refractivity contribution in [1.82, 2.24) is 10.8 Å². The number of benzene rings is 2. The first-order chi connectivity index (χ1) is 12.5. The van der Waals surface area contributed by atoms with E-state index in [1.165, 1.54) is 0 Å². The molecule has 0 fully saturated rings. The third-order valence-electron chi connectivity index (χ3n) is 3.97. The van der Waals surface area contributed by atoms with Crippen LogP contribution in [-0.4, -0.2) is 17.9 Å². The summed E-state index contributed by atoms with van der Waals surface area (Å²) in [6, 6.07) is 16.2. The Hall–Kier alpha value is -2.66. The molecule has 2 N–H and O–H groups in total. The van der Waals surface area contributed by atoms with Gasteiger partial charge in [0, 0.05) is 5.56 Å². The molecule has 0 heterocycles. The fourth-order valence-corrected chi connectivity index (χ4v) is 2.60. The van der Waals surface area contributed by atoms with Crippen LogP contribution in [0.15, 0.2) is 54.6 Å². The van der Waals surface area contributed by atoms with Crippen LogP contribution in [0.1, 0.15) is 41.8 Å². The SMILES string of the molecule is Cc1ccccc1C(=O)NC(CC(C)C)C(=O)NOCc1ccccc1. The lowest BCUT2D eigenvalue weighted by molar-refractivity contribution is -0.137. The highest BCUT2D eigenvalue weighted by atomic mass is 16.6. The summed E-state index contributed by atoms with van der Waals surface area (Å²) in [6.45, 7) is 6.15. The van der Waals surface area contributed by atoms with Gasteiger partial charge in [0.1, 0.15) is 6.04 Å². The van der Waals surface area contributed by atoms with Crippen LogP contribution < -0.4 is 10.8 Å². The van der Waals surface area contributed by atoms with Gasteiger partial charge in [0.2, 0.25) is 0 Å². The molecule has 0 aromatic heterocycles. The number of nitrogens with one attached hydrogen (secondary N) is 2. The summed E-state index contributed by atoms with van der Waals surface area (Å²) in [5, 5.41) is 2.82. The maximum Gasteiger partial charge on any atom is 0.266 e. The number of carbonyl (C=O) groups is 2. The summed E-state index contributed by atoms with van der Waals surface area (Å²) < 4.78 is 0. The molecule has 2 amide bonds. The van der Waals surface area contributed by atoms with Gasteiger partial charge in [-0.05, 0) is 36.5 Å². The van der Waals surface area contributed by atoms with Crippen molar-refractivity contribution in [2.45, 2.75) is 39.8 Å². The van der Waals surface area contributed by atoms with Gasteiger partial charge in [-0.1, -0.05) is 62.4 Å². The minimum atomic E-state index is -0.655. The smallest absolute Gasteiger partial charge is 0.266 e. The molecular formula is C21H26N2O3. The summed E-state index contributed by atoms with van der Waals surface area (Å²) in [7, 11) is 0. The number of amides is 2. The van der Waals surface area contributed by atoms with Crippen molar-refractivity contribution in [2.24, 2.45) is 5.92 Å². The van der Waals surface area contributed by atoms with E-state index in [4.69, 9.17) is 4.84 Å². The molecule has 5 heteroatoms. The van der Waals surface area contributed by atoms with E-state index < -0.39 is 6.04 Å². The summed E-state index contributed by atoms with van der Waals surface area (Å²) in [6.07, 6.45) is 0.526. The van der Waals surface area contributed by atoms with E-state index in [9.17, 15) is 9.59 Å². The highest BCUT2D eigenvalue weighted by molar-refractivity contribution is 5.98. The Morgan fingerprint density at radius 3 is 2.31 bits per heavy atom. The van der Waals surface area contributed by atoms with Gasteiger partial charge in [0.25, 0.3) is 11.8 Å². The Labute approximate surface area is 154 Å². The Balaban J connectivity index is 1.96. The van der Waals surface area contributed by atoms with E-state index in [1.807, 2.05) is 69.3 Å². The average molecular weight is 354 g/mol. The predicted molar refractivity (Wildman–Crippen MR) is 101 cm³/mol. The van der Waals surface area contributed by atoms with Gasteiger partial charge >= 0.3 is 0 Å². The number of carbonyl (C=O) groups excluding carboxylic acids is 2. The second kappa shape index (κ2) is 9.73. The normalized spacial score (nSPS) is 11.8. The van der Waals surface area contributed by atoms with Crippen molar-refractivity contribution in [1.29, 1.82) is 0 Å². The third-order valence-corrected chi connectivity index (χ3v) is 3.97. The zero-order valence-electron chi connectivity index (χ0n) is 15.5. The first kappa shape index (κ1) is 19.7. The highest BCUT2D eigenvalue weighted by Gasteiger charge is 2.23. The van der Waals surface area contributed by atoms with E-state index >= 15 is 0 Å². The molecule has 0 spiro atoms.